The molecule has 1 aromatic heterocycles. The van der Waals surface area contributed by atoms with Crippen LogP contribution in [0.1, 0.15) is 18.5 Å². The summed E-state index contributed by atoms with van der Waals surface area (Å²) in [5, 5.41) is 5.76. The summed E-state index contributed by atoms with van der Waals surface area (Å²) in [5.74, 6) is 0.345. The van der Waals surface area contributed by atoms with Gasteiger partial charge in [-0.25, -0.2) is 9.97 Å². The van der Waals surface area contributed by atoms with Crippen LogP contribution in [0.25, 0.3) is 0 Å². The maximum Gasteiger partial charge on any atom is 0.242 e. The van der Waals surface area contributed by atoms with E-state index in [1.54, 1.807) is 12.3 Å². The van der Waals surface area contributed by atoms with Gasteiger partial charge in [-0.2, -0.15) is 0 Å². The quantitative estimate of drug-likeness (QED) is 0.644. The van der Waals surface area contributed by atoms with Gasteiger partial charge in [0.25, 0.3) is 0 Å². The molecule has 17 heavy (non-hydrogen) atoms. The highest BCUT2D eigenvalue weighted by molar-refractivity contribution is 7.80. The van der Waals surface area contributed by atoms with Crippen molar-refractivity contribution < 1.29 is 4.79 Å². The fourth-order valence-electron chi connectivity index (χ4n) is 1.63. The maximum atomic E-state index is 11.5. The first-order valence-corrected chi connectivity index (χ1v) is 5.75. The Balaban J connectivity index is 2.09. The Morgan fingerprint density at radius 1 is 1.65 bits per heavy atom. The van der Waals surface area contributed by atoms with Crippen molar-refractivity contribution in [2.45, 2.75) is 18.9 Å². The number of nitrogens with two attached hydrogens (primary N) is 1. The number of piperidine rings is 1. The molecular formula is C10H13N5OS. The first kappa shape index (κ1) is 11.7. The summed E-state index contributed by atoms with van der Waals surface area (Å²) in [7, 11) is 0. The molecule has 1 aliphatic heterocycles. The van der Waals surface area contributed by atoms with E-state index < -0.39 is 0 Å². The van der Waals surface area contributed by atoms with E-state index >= 15 is 0 Å². The Kier molecular flexibility index (Phi) is 3.48. The predicted octanol–water partition coefficient (Wildman–Crippen LogP) is -0.199. The average molecular weight is 251 g/mol. The van der Waals surface area contributed by atoms with Crippen LogP contribution in [-0.4, -0.2) is 33.5 Å². The Bertz CT molecular complexity index is 450. The second-order valence-corrected chi connectivity index (χ2v) is 4.20. The van der Waals surface area contributed by atoms with Gasteiger partial charge in [-0.1, -0.05) is 12.2 Å². The van der Waals surface area contributed by atoms with Crippen LogP contribution in [0.3, 0.4) is 0 Å². The second-order valence-electron chi connectivity index (χ2n) is 3.76. The lowest BCUT2D eigenvalue weighted by atomic mass is 10.1. The molecule has 1 amide bonds. The fourth-order valence-corrected chi connectivity index (χ4v) is 1.74. The highest BCUT2D eigenvalue weighted by Gasteiger charge is 2.22. The van der Waals surface area contributed by atoms with E-state index in [2.05, 4.69) is 20.6 Å². The van der Waals surface area contributed by atoms with Crippen molar-refractivity contribution in [2.75, 3.05) is 11.9 Å². The highest BCUT2D eigenvalue weighted by Crippen LogP contribution is 2.09. The van der Waals surface area contributed by atoms with E-state index in [9.17, 15) is 4.79 Å². The molecule has 1 fully saturated rings. The lowest BCUT2D eigenvalue weighted by molar-refractivity contribution is -0.123. The van der Waals surface area contributed by atoms with Gasteiger partial charge in [0.2, 0.25) is 11.9 Å². The molecule has 1 aliphatic rings. The lowest BCUT2D eigenvalue weighted by Gasteiger charge is -2.22. The summed E-state index contributed by atoms with van der Waals surface area (Å²) in [6.45, 7) is 0.727. The number of hydrogen-bond acceptors (Lipinski definition) is 5. The minimum Gasteiger partial charge on any atom is -0.388 e. The van der Waals surface area contributed by atoms with Crippen LogP contribution < -0.4 is 16.4 Å². The number of amides is 1. The Labute approximate surface area is 104 Å². The van der Waals surface area contributed by atoms with Crippen LogP contribution in [0.15, 0.2) is 12.3 Å². The number of hydrogen-bond donors (Lipinski definition) is 3. The molecule has 2 heterocycles. The van der Waals surface area contributed by atoms with Crippen LogP contribution in [0.5, 0.6) is 0 Å². The van der Waals surface area contributed by atoms with Crippen molar-refractivity contribution in [3.05, 3.63) is 18.0 Å². The molecule has 1 aromatic rings. The Morgan fingerprint density at radius 2 is 2.47 bits per heavy atom. The molecule has 0 bridgehead atoms. The van der Waals surface area contributed by atoms with Gasteiger partial charge >= 0.3 is 0 Å². The molecule has 1 unspecified atom stereocenters. The van der Waals surface area contributed by atoms with Crippen LogP contribution in [0.2, 0.25) is 0 Å². The number of nitrogens with zero attached hydrogens (tertiary/aromatic N) is 2. The molecule has 4 N–H and O–H groups in total. The van der Waals surface area contributed by atoms with E-state index in [1.807, 2.05) is 0 Å². The van der Waals surface area contributed by atoms with E-state index in [1.165, 1.54) is 0 Å². The molecule has 0 spiro atoms. The number of aromatic nitrogens is 2. The molecule has 90 valence electrons. The molecule has 0 aliphatic carbocycles. The largest absolute Gasteiger partial charge is 0.388 e. The molecule has 0 aromatic carbocycles. The van der Waals surface area contributed by atoms with Gasteiger partial charge < -0.3 is 16.4 Å². The first-order valence-electron chi connectivity index (χ1n) is 5.34. The minimum atomic E-state index is -0.287. The number of nitrogens with one attached hydrogen (secondary N) is 2. The third-order valence-electron chi connectivity index (χ3n) is 2.50. The zero-order valence-corrected chi connectivity index (χ0v) is 9.96. The topological polar surface area (TPSA) is 92.9 Å². The zero-order chi connectivity index (χ0) is 12.3. The molecule has 2 rings (SSSR count). The zero-order valence-electron chi connectivity index (χ0n) is 9.14. The molecular weight excluding hydrogens is 238 g/mol. The third-order valence-corrected chi connectivity index (χ3v) is 2.71. The van der Waals surface area contributed by atoms with Gasteiger partial charge in [0, 0.05) is 12.7 Å². The SMILES string of the molecule is NC(=S)c1ccnc(NC2CCCNC2=O)n1. The van der Waals surface area contributed by atoms with Crippen LogP contribution in [-0.2, 0) is 4.79 Å². The first-order chi connectivity index (χ1) is 8.16. The van der Waals surface area contributed by atoms with Crippen molar-refractivity contribution in [3.8, 4) is 0 Å². The maximum absolute atomic E-state index is 11.5. The number of rotatable bonds is 3. The molecule has 7 heteroatoms. The monoisotopic (exact) mass is 251 g/mol. The van der Waals surface area contributed by atoms with Crippen LogP contribution >= 0.6 is 12.2 Å². The van der Waals surface area contributed by atoms with Crippen molar-refractivity contribution in [1.29, 1.82) is 0 Å². The summed E-state index contributed by atoms with van der Waals surface area (Å²) in [6, 6.07) is 1.35. The third kappa shape index (κ3) is 2.88. The summed E-state index contributed by atoms with van der Waals surface area (Å²) in [6.07, 6.45) is 3.27. The van der Waals surface area contributed by atoms with Gasteiger partial charge in [0.15, 0.2) is 0 Å². The van der Waals surface area contributed by atoms with Crippen molar-refractivity contribution >= 4 is 29.1 Å². The standard InChI is InChI=1S/C10H13N5OS/c11-8(17)6-3-5-13-10(14-6)15-7-2-1-4-12-9(7)16/h3,5,7H,1-2,4H2,(H2,11,17)(H,12,16)(H,13,14,15). The number of carbonyl (C=O) groups excluding carboxylic acids is 1. The van der Waals surface area contributed by atoms with Crippen molar-refractivity contribution in [3.63, 3.8) is 0 Å². The average Bonchev–Trinajstić information content (AvgIpc) is 2.32. The Morgan fingerprint density at radius 3 is 3.18 bits per heavy atom. The Hall–Kier alpha value is -1.76. The molecule has 0 radical (unpaired) electrons. The molecule has 1 atom stereocenters. The summed E-state index contributed by atoms with van der Waals surface area (Å²) in [5.41, 5.74) is 5.97. The van der Waals surface area contributed by atoms with E-state index in [0.717, 1.165) is 19.4 Å². The summed E-state index contributed by atoms with van der Waals surface area (Å²) < 4.78 is 0. The van der Waals surface area contributed by atoms with E-state index in [0.29, 0.717) is 11.6 Å². The normalized spacial score (nSPS) is 19.5. The van der Waals surface area contributed by atoms with Gasteiger partial charge in [0.1, 0.15) is 16.7 Å². The molecule has 6 nitrogen and oxygen atoms in total. The number of thiocarbonyl (C=S) groups is 1. The summed E-state index contributed by atoms with van der Waals surface area (Å²) in [4.78, 5) is 19.9. The van der Waals surface area contributed by atoms with Crippen LogP contribution in [0.4, 0.5) is 5.95 Å². The van der Waals surface area contributed by atoms with E-state index in [4.69, 9.17) is 18.0 Å². The van der Waals surface area contributed by atoms with Crippen molar-refractivity contribution in [1.82, 2.24) is 15.3 Å². The van der Waals surface area contributed by atoms with Gasteiger partial charge in [-0.15, -0.1) is 0 Å². The second kappa shape index (κ2) is 5.05. The van der Waals surface area contributed by atoms with Gasteiger partial charge in [-0.3, -0.25) is 4.79 Å². The van der Waals surface area contributed by atoms with E-state index in [-0.39, 0.29) is 16.9 Å². The lowest BCUT2D eigenvalue weighted by Crippen LogP contribution is -2.44. The highest BCUT2D eigenvalue weighted by atomic mass is 32.1. The van der Waals surface area contributed by atoms with Crippen LogP contribution in [0, 0.1) is 0 Å². The van der Waals surface area contributed by atoms with Crippen molar-refractivity contribution in [2.24, 2.45) is 5.73 Å². The van der Waals surface area contributed by atoms with Gasteiger partial charge in [-0.05, 0) is 18.9 Å². The predicted molar refractivity (Wildman–Crippen MR) is 67.6 cm³/mol. The summed E-state index contributed by atoms with van der Waals surface area (Å²) >= 11 is 4.83. The molecule has 0 saturated carbocycles. The molecule has 1 saturated heterocycles. The number of anilines is 1. The fraction of sp³-hybridized carbons (Fsp3) is 0.400. The minimum absolute atomic E-state index is 0.0272. The smallest absolute Gasteiger partial charge is 0.242 e. The van der Waals surface area contributed by atoms with Gasteiger partial charge in [0.05, 0.1) is 0 Å². The number of carbonyl (C=O) groups is 1.